The van der Waals surface area contributed by atoms with E-state index in [1.807, 2.05) is 12.1 Å². The molecule has 0 saturated carbocycles. The van der Waals surface area contributed by atoms with Crippen molar-refractivity contribution >= 4 is 33.6 Å². The maximum atomic E-state index is 13.7. The van der Waals surface area contributed by atoms with Crippen molar-refractivity contribution in [1.29, 1.82) is 0 Å². The van der Waals surface area contributed by atoms with Gasteiger partial charge in [0.2, 0.25) is 6.41 Å². The summed E-state index contributed by atoms with van der Waals surface area (Å²) in [6.07, 6.45) is 2.68. The highest BCUT2D eigenvalue weighted by atomic mass is 32.1. The molecule has 0 radical (unpaired) electrons. The fraction of sp³-hybridized carbons (Fsp3) is 0.267. The number of benzene rings is 3. The van der Waals surface area contributed by atoms with E-state index in [-0.39, 0.29) is 17.3 Å². The van der Waals surface area contributed by atoms with Crippen molar-refractivity contribution in [2.24, 2.45) is 0 Å². The van der Waals surface area contributed by atoms with Gasteiger partial charge in [0.15, 0.2) is 5.78 Å². The summed E-state index contributed by atoms with van der Waals surface area (Å²) in [5, 5.41) is 23.2. The lowest BCUT2D eigenvalue weighted by atomic mass is 9.97. The largest absolute Gasteiger partial charge is 0.508 e. The number of ketones is 1. The predicted octanol–water partition coefficient (Wildman–Crippen LogP) is 5.44. The Labute approximate surface area is 226 Å². The van der Waals surface area contributed by atoms with Gasteiger partial charge in [-0.15, -0.1) is 11.3 Å². The fourth-order valence-electron chi connectivity index (χ4n) is 4.32. The second-order valence-corrected chi connectivity index (χ2v) is 10.0. The summed E-state index contributed by atoms with van der Waals surface area (Å²) in [5.41, 5.74) is 1.95. The first kappa shape index (κ1) is 27.2. The molecule has 0 fully saturated rings. The zero-order chi connectivity index (χ0) is 26.9. The number of hydrogen-bond acceptors (Lipinski definition) is 7. The predicted molar refractivity (Wildman–Crippen MR) is 151 cm³/mol. The molecule has 0 bridgehead atoms. The van der Waals surface area contributed by atoms with Gasteiger partial charge in [-0.05, 0) is 98.2 Å². The van der Waals surface area contributed by atoms with Crippen LogP contribution >= 0.6 is 11.3 Å². The van der Waals surface area contributed by atoms with Crippen molar-refractivity contribution in [3.63, 3.8) is 0 Å². The molecule has 0 aliphatic heterocycles. The van der Waals surface area contributed by atoms with Crippen LogP contribution < -0.4 is 10.1 Å². The Morgan fingerprint density at radius 3 is 2.42 bits per heavy atom. The zero-order valence-corrected chi connectivity index (χ0v) is 22.2. The number of thiophene rings is 1. The van der Waals surface area contributed by atoms with Gasteiger partial charge in [-0.25, -0.2) is 0 Å². The minimum absolute atomic E-state index is 0.113. The van der Waals surface area contributed by atoms with Crippen molar-refractivity contribution < 1.29 is 24.5 Å². The van der Waals surface area contributed by atoms with Crippen molar-refractivity contribution in [3.05, 3.63) is 77.9 Å². The number of carbonyl (C=O) groups excluding carboxylic acids is 2. The maximum Gasteiger partial charge on any atom is 0.207 e. The van der Waals surface area contributed by atoms with Crippen LogP contribution in [-0.2, 0) is 4.79 Å². The minimum Gasteiger partial charge on any atom is -0.508 e. The van der Waals surface area contributed by atoms with Gasteiger partial charge in [-0.2, -0.15) is 0 Å². The van der Waals surface area contributed by atoms with E-state index < -0.39 is 0 Å². The second kappa shape index (κ2) is 13.1. The van der Waals surface area contributed by atoms with Crippen LogP contribution in [-0.4, -0.2) is 60.1 Å². The summed E-state index contributed by atoms with van der Waals surface area (Å²) >= 11 is 1.44. The van der Waals surface area contributed by atoms with E-state index >= 15 is 0 Å². The Morgan fingerprint density at radius 1 is 0.974 bits per heavy atom. The van der Waals surface area contributed by atoms with Crippen LogP contribution in [0.1, 0.15) is 35.7 Å². The molecule has 1 aromatic heterocycles. The third-order valence-corrected chi connectivity index (χ3v) is 7.60. The summed E-state index contributed by atoms with van der Waals surface area (Å²) in [6.45, 7) is 6.02. The highest BCUT2D eigenvalue weighted by Gasteiger charge is 2.22. The number of nitrogens with one attached hydrogen (secondary N) is 1. The maximum absolute atomic E-state index is 13.7. The molecule has 1 heterocycles. The van der Waals surface area contributed by atoms with Crippen LogP contribution in [0.4, 0.5) is 0 Å². The molecule has 1 amide bonds. The first-order chi connectivity index (χ1) is 18.5. The van der Waals surface area contributed by atoms with Gasteiger partial charge < -0.3 is 25.2 Å². The number of fused-ring (bicyclic) bond motifs is 1. The highest BCUT2D eigenvalue weighted by Crippen LogP contribution is 2.41. The standard InChI is InChI=1S/C30H32N2O5S/c1-2-32(16-4-3-15-31-20-33)17-18-37-25-12-7-21(8-13-25)29(36)28-26-14-11-24(35)19-27(26)38-30(28)22-5-9-23(34)10-6-22/h5-14,19-20,34-35H,2-4,15-18H2,1H3,(H,31,33). The fourth-order valence-corrected chi connectivity index (χ4v) is 5.55. The molecule has 3 aromatic carbocycles. The van der Waals surface area contributed by atoms with Crippen molar-refractivity contribution in [3.8, 4) is 27.7 Å². The minimum atomic E-state index is -0.113. The Kier molecular flexibility index (Phi) is 9.35. The third-order valence-electron chi connectivity index (χ3n) is 6.40. The molecule has 0 unspecified atom stereocenters. The van der Waals surface area contributed by atoms with Gasteiger partial charge >= 0.3 is 0 Å². The summed E-state index contributed by atoms with van der Waals surface area (Å²) in [7, 11) is 0. The molecule has 0 aliphatic rings. The Morgan fingerprint density at radius 2 is 1.71 bits per heavy atom. The molecule has 0 spiro atoms. The van der Waals surface area contributed by atoms with E-state index in [1.165, 1.54) is 11.3 Å². The molecule has 38 heavy (non-hydrogen) atoms. The van der Waals surface area contributed by atoms with Crippen molar-refractivity contribution in [2.45, 2.75) is 19.8 Å². The highest BCUT2D eigenvalue weighted by molar-refractivity contribution is 7.22. The molecular weight excluding hydrogens is 500 g/mol. The van der Waals surface area contributed by atoms with Crippen LogP contribution in [0.2, 0.25) is 0 Å². The van der Waals surface area contributed by atoms with Crippen LogP contribution in [0.5, 0.6) is 17.2 Å². The number of carbonyl (C=O) groups is 2. The van der Waals surface area contributed by atoms with Gasteiger partial charge in [0, 0.05) is 39.2 Å². The first-order valence-corrected chi connectivity index (χ1v) is 13.5. The van der Waals surface area contributed by atoms with Crippen LogP contribution in [0.25, 0.3) is 20.5 Å². The summed E-state index contributed by atoms with van der Waals surface area (Å²) < 4.78 is 6.75. The molecular formula is C30H32N2O5S. The average molecular weight is 533 g/mol. The molecule has 0 saturated heterocycles. The number of likely N-dealkylation sites (N-methyl/N-ethyl adjacent to an activating group) is 1. The molecule has 7 nitrogen and oxygen atoms in total. The number of nitrogens with zero attached hydrogens (tertiary/aromatic N) is 1. The summed E-state index contributed by atoms with van der Waals surface area (Å²) in [4.78, 5) is 27.1. The Bertz CT molecular complexity index is 1370. The van der Waals surface area contributed by atoms with Gasteiger partial charge in [0.05, 0.1) is 0 Å². The first-order valence-electron chi connectivity index (χ1n) is 12.7. The number of amides is 1. The van der Waals surface area contributed by atoms with Gasteiger partial charge in [0.1, 0.15) is 23.9 Å². The number of phenolic OH excluding ortho intramolecular Hbond substituents is 2. The molecule has 3 N–H and O–H groups in total. The molecule has 8 heteroatoms. The normalized spacial score (nSPS) is 11.1. The van der Waals surface area contributed by atoms with Gasteiger partial charge in [0.25, 0.3) is 0 Å². The number of hydrogen-bond donors (Lipinski definition) is 3. The molecule has 0 aliphatic carbocycles. The van der Waals surface area contributed by atoms with E-state index in [4.69, 9.17) is 4.74 Å². The topological polar surface area (TPSA) is 99.1 Å². The van der Waals surface area contributed by atoms with E-state index in [0.717, 1.165) is 59.4 Å². The number of unbranched alkanes of at least 4 members (excludes halogenated alkanes) is 1. The van der Waals surface area contributed by atoms with Gasteiger partial charge in [-0.1, -0.05) is 6.92 Å². The second-order valence-electron chi connectivity index (χ2n) is 8.95. The average Bonchev–Trinajstić information content (AvgIpc) is 3.30. The SMILES string of the molecule is CCN(CCCCNC=O)CCOc1ccc(C(=O)c2c(-c3ccc(O)cc3)sc3cc(O)ccc23)cc1. The number of rotatable bonds is 14. The number of phenols is 2. The number of aromatic hydroxyl groups is 2. The Balaban J connectivity index is 1.45. The van der Waals surface area contributed by atoms with E-state index in [2.05, 4.69) is 17.1 Å². The smallest absolute Gasteiger partial charge is 0.207 e. The zero-order valence-electron chi connectivity index (χ0n) is 21.4. The van der Waals surface area contributed by atoms with Crippen LogP contribution in [0, 0.1) is 0 Å². The molecule has 198 valence electrons. The molecule has 4 rings (SSSR count). The quantitative estimate of drug-likeness (QED) is 0.114. The number of ether oxygens (including phenoxy) is 1. The van der Waals surface area contributed by atoms with E-state index in [9.17, 15) is 19.8 Å². The van der Waals surface area contributed by atoms with Crippen LogP contribution in [0.3, 0.4) is 0 Å². The lowest BCUT2D eigenvalue weighted by Gasteiger charge is -2.20. The van der Waals surface area contributed by atoms with Gasteiger partial charge in [-0.3, -0.25) is 9.59 Å². The monoisotopic (exact) mass is 532 g/mol. The van der Waals surface area contributed by atoms with Crippen molar-refractivity contribution in [1.82, 2.24) is 10.2 Å². The molecule has 0 atom stereocenters. The third kappa shape index (κ3) is 6.70. The van der Waals surface area contributed by atoms with Crippen LogP contribution in [0.15, 0.2) is 66.7 Å². The Hall–Kier alpha value is -3.88. The molecule has 4 aromatic rings. The van der Waals surface area contributed by atoms with E-state index in [0.29, 0.717) is 30.0 Å². The summed E-state index contributed by atoms with van der Waals surface area (Å²) in [5.74, 6) is 0.891. The van der Waals surface area contributed by atoms with E-state index in [1.54, 1.807) is 54.6 Å². The van der Waals surface area contributed by atoms with Crippen molar-refractivity contribution in [2.75, 3.05) is 32.8 Å². The lowest BCUT2D eigenvalue weighted by molar-refractivity contribution is -0.109. The lowest BCUT2D eigenvalue weighted by Crippen LogP contribution is -2.29. The summed E-state index contributed by atoms with van der Waals surface area (Å²) in [6, 6.07) is 19.0.